The Bertz CT molecular complexity index is 1850. The molecule has 0 bridgehead atoms. The standard InChI is InChI=1S/C44H62O18/c1-20(46)26-17-31(47)44(55)25-8-7-22-16-23(10-12-42(22,2)24(25)11-13-43(26,44)3)59-41-39(37(53)34(50)29(18-45)60-41)62-40-38(54)36(52)35(51)30(61-40)19-58-32(48)9-6-21-14-27(56-4)33(49)28(15-21)57-5/h6-7,9,14-15,23-26,29-31,34-41,45,47,49-55H,8,10-13,16-19H2,1-5H3/b9-6-/t23-,24+,25-,26-,29-,30-,31-,34-,35-,36+,37+,38-,39-,40+,41-,42-,43-,44-/m1/s1. The Morgan fingerprint density at radius 3 is 2.16 bits per heavy atom. The Balaban J connectivity index is 1.03. The number of phenolic OH excluding ortho intramolecular Hbond substituents is 1. The number of aliphatic hydroxyl groups excluding tert-OH is 7. The Hall–Kier alpha value is -3.24. The molecule has 3 saturated carbocycles. The van der Waals surface area contributed by atoms with Crippen molar-refractivity contribution in [3.63, 3.8) is 0 Å². The first-order valence-electron chi connectivity index (χ1n) is 21.4. The molecule has 0 amide bonds. The fraction of sp³-hybridized carbons (Fsp3) is 0.727. The van der Waals surface area contributed by atoms with Gasteiger partial charge in [0, 0.05) is 17.4 Å². The first-order chi connectivity index (χ1) is 29.3. The van der Waals surface area contributed by atoms with Crippen LogP contribution in [-0.4, -0.2) is 164 Å². The molecule has 18 atom stereocenters. The number of esters is 1. The fourth-order valence-electron chi connectivity index (χ4n) is 11.6. The molecule has 4 aliphatic carbocycles. The summed E-state index contributed by atoms with van der Waals surface area (Å²) in [5.41, 5.74) is -0.994. The second-order valence-electron chi connectivity index (χ2n) is 18.4. The number of hydrogen-bond acceptors (Lipinski definition) is 18. The SMILES string of the molecule is COc1cc(/C=C\C(=O)OC[C@H]2O[C@@H](O[C@H]3[C@H](O[C@@H]4CC[C@]5(C)C(=CC[C@@H]6[C@@H]5CC[C@]5(C)[C@@H](C(C)=O)C[C@@H](O)[C@]65O)C4)O[C@H](CO)[C@@H](O)[C@@H]3O)[C@H](O)[C@@H](O)[C@@H]2O)cc(OC)c1O. The first-order valence-corrected chi connectivity index (χ1v) is 21.4. The number of phenols is 1. The van der Waals surface area contributed by atoms with Gasteiger partial charge >= 0.3 is 5.97 Å². The van der Waals surface area contributed by atoms with Crippen LogP contribution in [0.5, 0.6) is 17.2 Å². The number of carbonyl (C=O) groups is 2. The minimum atomic E-state index is -1.89. The summed E-state index contributed by atoms with van der Waals surface area (Å²) in [6.07, 6.45) is -9.69. The maximum absolute atomic E-state index is 12.7. The number of benzene rings is 1. The molecule has 0 radical (unpaired) electrons. The van der Waals surface area contributed by atoms with Crippen molar-refractivity contribution < 1.29 is 88.7 Å². The summed E-state index contributed by atoms with van der Waals surface area (Å²) in [4.78, 5) is 25.4. The lowest BCUT2D eigenvalue weighted by molar-refractivity contribution is -0.372. The van der Waals surface area contributed by atoms with Crippen LogP contribution in [0.4, 0.5) is 0 Å². The smallest absolute Gasteiger partial charge is 0.330 e. The zero-order valence-corrected chi connectivity index (χ0v) is 35.6. The highest BCUT2D eigenvalue weighted by Crippen LogP contribution is 2.68. The Morgan fingerprint density at radius 2 is 1.52 bits per heavy atom. The van der Waals surface area contributed by atoms with Gasteiger partial charge in [-0.2, -0.15) is 0 Å². The van der Waals surface area contributed by atoms with Gasteiger partial charge in [0.25, 0.3) is 0 Å². The van der Waals surface area contributed by atoms with Crippen molar-refractivity contribution in [2.45, 2.75) is 145 Å². The van der Waals surface area contributed by atoms with Crippen LogP contribution in [0.15, 0.2) is 29.9 Å². The van der Waals surface area contributed by atoms with E-state index in [4.69, 9.17) is 33.2 Å². The van der Waals surface area contributed by atoms with E-state index in [1.165, 1.54) is 39.4 Å². The highest BCUT2D eigenvalue weighted by atomic mass is 16.8. The van der Waals surface area contributed by atoms with Crippen LogP contribution in [0.2, 0.25) is 0 Å². The molecule has 9 N–H and O–H groups in total. The van der Waals surface area contributed by atoms with E-state index in [2.05, 4.69) is 13.0 Å². The number of methoxy groups -OCH3 is 2. The van der Waals surface area contributed by atoms with Crippen LogP contribution >= 0.6 is 0 Å². The van der Waals surface area contributed by atoms with E-state index in [1.807, 2.05) is 6.92 Å². The van der Waals surface area contributed by atoms with Gasteiger partial charge in [0.15, 0.2) is 24.1 Å². The highest BCUT2D eigenvalue weighted by Gasteiger charge is 2.70. The number of hydrogen-bond donors (Lipinski definition) is 9. The van der Waals surface area contributed by atoms with E-state index < -0.39 is 110 Å². The molecule has 1 aromatic carbocycles. The second kappa shape index (κ2) is 18.0. The summed E-state index contributed by atoms with van der Waals surface area (Å²) in [5, 5.41) is 98.6. The molecule has 7 rings (SSSR count). The number of ether oxygens (including phenoxy) is 7. The largest absolute Gasteiger partial charge is 0.502 e. The van der Waals surface area contributed by atoms with E-state index in [1.54, 1.807) is 0 Å². The van der Waals surface area contributed by atoms with Gasteiger partial charge in [0.1, 0.15) is 61.2 Å². The van der Waals surface area contributed by atoms with Gasteiger partial charge in [0.05, 0.1) is 38.6 Å². The van der Waals surface area contributed by atoms with Gasteiger partial charge < -0.3 is 79.1 Å². The fourth-order valence-corrected chi connectivity index (χ4v) is 11.6. The van der Waals surface area contributed by atoms with Gasteiger partial charge in [0.2, 0.25) is 5.75 Å². The number of ketones is 1. The number of aromatic hydroxyl groups is 1. The van der Waals surface area contributed by atoms with Gasteiger partial charge in [-0.1, -0.05) is 25.5 Å². The quantitative estimate of drug-likeness (QED) is 0.0772. The zero-order chi connectivity index (χ0) is 45.1. The van der Waals surface area contributed by atoms with E-state index in [0.717, 1.165) is 18.1 Å². The number of Topliss-reactive ketones (excluding diaryl/α,β-unsaturated/α-hetero) is 1. The monoisotopic (exact) mass is 878 g/mol. The summed E-state index contributed by atoms with van der Waals surface area (Å²) in [5.74, 6) is -1.58. The average Bonchev–Trinajstić information content (AvgIpc) is 3.47. The normalized spacial score (nSPS) is 44.1. The summed E-state index contributed by atoms with van der Waals surface area (Å²) < 4.78 is 39.7. The number of fused-ring (bicyclic) bond motifs is 5. The molecule has 6 aliphatic rings. The lowest BCUT2D eigenvalue weighted by Crippen LogP contribution is -2.65. The number of aliphatic hydroxyl groups is 8. The first kappa shape index (κ1) is 46.7. The minimum absolute atomic E-state index is 0.0231. The summed E-state index contributed by atoms with van der Waals surface area (Å²) in [6.45, 7) is 4.35. The minimum Gasteiger partial charge on any atom is -0.502 e. The average molecular weight is 879 g/mol. The molecule has 18 nitrogen and oxygen atoms in total. The van der Waals surface area contributed by atoms with Gasteiger partial charge in [-0.25, -0.2) is 4.79 Å². The van der Waals surface area contributed by atoms with Crippen LogP contribution in [-0.2, 0) is 33.3 Å². The van der Waals surface area contributed by atoms with Crippen LogP contribution in [0.1, 0.15) is 71.3 Å². The Kier molecular flexibility index (Phi) is 13.5. The van der Waals surface area contributed by atoms with Crippen LogP contribution in [0.3, 0.4) is 0 Å². The van der Waals surface area contributed by atoms with Crippen molar-refractivity contribution in [3.05, 3.63) is 35.4 Å². The molecular formula is C44H62O18. The maximum atomic E-state index is 12.7. The molecule has 0 unspecified atom stereocenters. The molecule has 2 heterocycles. The molecule has 1 aromatic rings. The molecule has 5 fully saturated rings. The summed E-state index contributed by atoms with van der Waals surface area (Å²) >= 11 is 0. The Labute approximate surface area is 359 Å². The van der Waals surface area contributed by atoms with Crippen molar-refractivity contribution in [1.82, 2.24) is 0 Å². The molecule has 0 aromatic heterocycles. The molecule has 346 valence electrons. The lowest BCUT2D eigenvalue weighted by atomic mass is 9.45. The summed E-state index contributed by atoms with van der Waals surface area (Å²) in [6, 6.07) is 2.91. The number of rotatable bonds is 12. The maximum Gasteiger partial charge on any atom is 0.330 e. The van der Waals surface area contributed by atoms with Crippen molar-refractivity contribution in [1.29, 1.82) is 0 Å². The molecule has 0 spiro atoms. The van der Waals surface area contributed by atoms with Crippen LogP contribution in [0.25, 0.3) is 6.08 Å². The second-order valence-corrected chi connectivity index (χ2v) is 18.4. The van der Waals surface area contributed by atoms with E-state index >= 15 is 0 Å². The van der Waals surface area contributed by atoms with Crippen molar-refractivity contribution >= 4 is 17.8 Å². The van der Waals surface area contributed by atoms with Crippen LogP contribution < -0.4 is 9.47 Å². The molecule has 2 aliphatic heterocycles. The van der Waals surface area contributed by atoms with E-state index in [0.29, 0.717) is 37.7 Å². The molecular weight excluding hydrogens is 816 g/mol. The third kappa shape index (κ3) is 7.97. The van der Waals surface area contributed by atoms with Gasteiger partial charge in [-0.3, -0.25) is 4.79 Å². The third-order valence-corrected chi connectivity index (χ3v) is 15.2. The molecule has 2 saturated heterocycles. The predicted octanol–water partition coefficient (Wildman–Crippen LogP) is 0.237. The lowest BCUT2D eigenvalue weighted by Gasteiger charge is -2.61. The predicted molar refractivity (Wildman–Crippen MR) is 214 cm³/mol. The zero-order valence-electron chi connectivity index (χ0n) is 35.6. The summed E-state index contributed by atoms with van der Waals surface area (Å²) in [7, 11) is 2.70. The topological polar surface area (TPSA) is 281 Å². The molecule has 62 heavy (non-hydrogen) atoms. The van der Waals surface area contributed by atoms with Gasteiger partial charge in [-0.15, -0.1) is 0 Å². The van der Waals surface area contributed by atoms with Gasteiger partial charge in [-0.05, 0) is 92.9 Å². The van der Waals surface area contributed by atoms with E-state index in [-0.39, 0.29) is 46.7 Å². The van der Waals surface area contributed by atoms with Crippen molar-refractivity contribution in [3.8, 4) is 17.2 Å². The number of carbonyl (C=O) groups excluding carboxylic acids is 2. The van der Waals surface area contributed by atoms with E-state index in [9.17, 15) is 55.5 Å². The Morgan fingerprint density at radius 1 is 0.855 bits per heavy atom. The van der Waals surface area contributed by atoms with Crippen molar-refractivity contribution in [2.75, 3.05) is 27.4 Å². The third-order valence-electron chi connectivity index (χ3n) is 15.2. The highest BCUT2D eigenvalue weighted by molar-refractivity contribution is 5.87. The molecule has 18 heteroatoms. The number of allylic oxidation sites excluding steroid dienone is 1. The van der Waals surface area contributed by atoms with Crippen molar-refractivity contribution in [2.24, 2.45) is 28.6 Å². The van der Waals surface area contributed by atoms with Crippen LogP contribution in [0, 0.1) is 28.6 Å².